The molecule has 0 unspecified atom stereocenters. The predicted octanol–water partition coefficient (Wildman–Crippen LogP) is 4.08. The first-order valence-electron chi connectivity index (χ1n) is 8.16. The maximum atomic E-state index is 12.3. The van der Waals surface area contributed by atoms with Crippen LogP contribution in [0.5, 0.6) is 0 Å². The van der Waals surface area contributed by atoms with Crippen LogP contribution in [0.1, 0.15) is 20.2 Å². The fourth-order valence-corrected chi connectivity index (χ4v) is 4.10. The van der Waals surface area contributed by atoms with E-state index in [1.165, 1.54) is 22.7 Å². The minimum atomic E-state index is -0.118. The van der Waals surface area contributed by atoms with Crippen LogP contribution in [0.15, 0.2) is 53.4 Å². The summed E-state index contributed by atoms with van der Waals surface area (Å²) in [5.41, 5.74) is 3.02. The molecule has 0 atom stereocenters. The first-order valence-corrected chi connectivity index (χ1v) is 9.92. The molecule has 4 rings (SSSR count). The average Bonchev–Trinajstić information content (AvgIpc) is 3.38. The number of nitrogens with one attached hydrogen (secondary N) is 1. The van der Waals surface area contributed by atoms with E-state index in [0.717, 1.165) is 21.9 Å². The minimum absolute atomic E-state index is 0.0585. The van der Waals surface area contributed by atoms with Crippen LogP contribution in [-0.4, -0.2) is 40.2 Å². The Morgan fingerprint density at radius 1 is 1.11 bits per heavy atom. The third-order valence-electron chi connectivity index (χ3n) is 4.02. The normalized spacial score (nSPS) is 10.9. The monoisotopic (exact) mass is 396 g/mol. The molecule has 8 heteroatoms. The van der Waals surface area contributed by atoms with Gasteiger partial charge in [0.15, 0.2) is 4.96 Å². The van der Waals surface area contributed by atoms with E-state index < -0.39 is 0 Å². The van der Waals surface area contributed by atoms with E-state index in [9.17, 15) is 9.59 Å². The van der Waals surface area contributed by atoms with Gasteiger partial charge in [-0.2, -0.15) is 0 Å². The first-order chi connectivity index (χ1) is 13.0. The van der Waals surface area contributed by atoms with Crippen LogP contribution in [0, 0.1) is 0 Å². The molecule has 3 aromatic heterocycles. The first kappa shape index (κ1) is 17.4. The van der Waals surface area contributed by atoms with Crippen molar-refractivity contribution in [2.24, 2.45) is 0 Å². The molecular formula is C19H16N4O2S2. The van der Waals surface area contributed by atoms with Crippen molar-refractivity contribution in [3.05, 3.63) is 63.9 Å². The second-order valence-corrected chi connectivity index (χ2v) is 7.89. The fourth-order valence-electron chi connectivity index (χ4n) is 2.63. The quantitative estimate of drug-likeness (QED) is 0.565. The number of thiazole rings is 1. The molecular weight excluding hydrogens is 380 g/mol. The number of benzene rings is 1. The van der Waals surface area contributed by atoms with Gasteiger partial charge in [0.25, 0.3) is 11.8 Å². The van der Waals surface area contributed by atoms with Gasteiger partial charge >= 0.3 is 0 Å². The summed E-state index contributed by atoms with van der Waals surface area (Å²) in [7, 11) is 3.46. The van der Waals surface area contributed by atoms with Crippen molar-refractivity contribution in [3.8, 4) is 11.3 Å². The highest BCUT2D eigenvalue weighted by Gasteiger charge is 2.16. The predicted molar refractivity (Wildman–Crippen MR) is 109 cm³/mol. The summed E-state index contributed by atoms with van der Waals surface area (Å²) in [5, 5.41) is 6.57. The SMILES string of the molecule is CN(C)C(=O)c1csc2nc(-c3ccc(NC(=O)c4cccs4)cc3)cn12. The Labute approximate surface area is 163 Å². The highest BCUT2D eigenvalue weighted by molar-refractivity contribution is 7.15. The molecule has 4 aromatic rings. The van der Waals surface area contributed by atoms with Crippen molar-refractivity contribution in [1.82, 2.24) is 14.3 Å². The number of imidazole rings is 1. The van der Waals surface area contributed by atoms with Crippen LogP contribution in [0.3, 0.4) is 0 Å². The molecule has 0 fully saturated rings. The van der Waals surface area contributed by atoms with E-state index in [2.05, 4.69) is 10.3 Å². The lowest BCUT2D eigenvalue weighted by molar-refractivity contribution is 0.0821. The van der Waals surface area contributed by atoms with Gasteiger partial charge in [-0.3, -0.25) is 14.0 Å². The van der Waals surface area contributed by atoms with Crippen LogP contribution in [0.25, 0.3) is 16.2 Å². The maximum absolute atomic E-state index is 12.3. The average molecular weight is 396 g/mol. The highest BCUT2D eigenvalue weighted by Crippen LogP contribution is 2.25. The summed E-state index contributed by atoms with van der Waals surface area (Å²) < 4.78 is 1.81. The van der Waals surface area contributed by atoms with Gasteiger partial charge in [0.2, 0.25) is 0 Å². The molecule has 136 valence electrons. The second-order valence-electron chi connectivity index (χ2n) is 6.11. The number of hydrogen-bond donors (Lipinski definition) is 1. The summed E-state index contributed by atoms with van der Waals surface area (Å²) in [6.45, 7) is 0. The molecule has 6 nitrogen and oxygen atoms in total. The number of anilines is 1. The molecule has 1 aromatic carbocycles. The van der Waals surface area contributed by atoms with Crippen molar-refractivity contribution < 1.29 is 9.59 Å². The van der Waals surface area contributed by atoms with E-state index in [0.29, 0.717) is 10.6 Å². The molecule has 0 aliphatic carbocycles. The number of rotatable bonds is 4. The van der Waals surface area contributed by atoms with Crippen LogP contribution in [0.4, 0.5) is 5.69 Å². The minimum Gasteiger partial charge on any atom is -0.343 e. The Balaban J connectivity index is 1.57. The van der Waals surface area contributed by atoms with Crippen LogP contribution >= 0.6 is 22.7 Å². The molecule has 0 spiro atoms. The van der Waals surface area contributed by atoms with Crippen molar-refractivity contribution >= 4 is 45.1 Å². The third-order valence-corrected chi connectivity index (χ3v) is 5.73. The lowest BCUT2D eigenvalue weighted by Gasteiger charge is -2.08. The molecule has 0 aliphatic rings. The number of nitrogens with zero attached hydrogens (tertiary/aromatic N) is 3. The van der Waals surface area contributed by atoms with Gasteiger partial charge < -0.3 is 10.2 Å². The molecule has 27 heavy (non-hydrogen) atoms. The molecule has 3 heterocycles. The van der Waals surface area contributed by atoms with E-state index >= 15 is 0 Å². The molecule has 0 saturated carbocycles. The topological polar surface area (TPSA) is 66.7 Å². The summed E-state index contributed by atoms with van der Waals surface area (Å²) in [5.74, 6) is -0.177. The zero-order valence-corrected chi connectivity index (χ0v) is 16.3. The molecule has 0 radical (unpaired) electrons. The summed E-state index contributed by atoms with van der Waals surface area (Å²) in [4.78, 5) is 32.0. The van der Waals surface area contributed by atoms with Crippen molar-refractivity contribution in [2.45, 2.75) is 0 Å². The zero-order valence-electron chi connectivity index (χ0n) is 14.7. The number of hydrogen-bond acceptors (Lipinski definition) is 5. The van der Waals surface area contributed by atoms with E-state index in [-0.39, 0.29) is 11.8 Å². The molecule has 0 aliphatic heterocycles. The third kappa shape index (κ3) is 3.36. The fraction of sp³-hybridized carbons (Fsp3) is 0.105. The zero-order chi connectivity index (χ0) is 19.0. The Bertz CT molecular complexity index is 1110. The Hall–Kier alpha value is -2.97. The number of amides is 2. The molecule has 1 N–H and O–H groups in total. The smallest absolute Gasteiger partial charge is 0.271 e. The van der Waals surface area contributed by atoms with Gasteiger partial charge in [0, 0.05) is 36.9 Å². The highest BCUT2D eigenvalue weighted by atomic mass is 32.1. The van der Waals surface area contributed by atoms with Crippen LogP contribution < -0.4 is 5.32 Å². The van der Waals surface area contributed by atoms with Gasteiger partial charge in [-0.1, -0.05) is 18.2 Å². The van der Waals surface area contributed by atoms with Gasteiger partial charge in [0.1, 0.15) is 5.69 Å². The maximum Gasteiger partial charge on any atom is 0.271 e. The summed E-state index contributed by atoms with van der Waals surface area (Å²) in [6.07, 6.45) is 1.86. The van der Waals surface area contributed by atoms with Crippen LogP contribution in [-0.2, 0) is 0 Å². The van der Waals surface area contributed by atoms with Crippen molar-refractivity contribution in [2.75, 3.05) is 19.4 Å². The van der Waals surface area contributed by atoms with Crippen molar-refractivity contribution in [1.29, 1.82) is 0 Å². The lowest BCUT2D eigenvalue weighted by atomic mass is 10.1. The summed E-state index contributed by atoms with van der Waals surface area (Å²) in [6, 6.07) is 11.1. The molecule has 2 amide bonds. The van der Waals surface area contributed by atoms with Crippen LogP contribution in [0.2, 0.25) is 0 Å². The lowest BCUT2D eigenvalue weighted by Crippen LogP contribution is -2.22. The Morgan fingerprint density at radius 2 is 1.89 bits per heavy atom. The Kier molecular flexibility index (Phi) is 4.51. The number of aromatic nitrogens is 2. The Morgan fingerprint density at radius 3 is 2.56 bits per heavy atom. The number of fused-ring (bicyclic) bond motifs is 1. The molecule has 0 saturated heterocycles. The number of carbonyl (C=O) groups excluding carboxylic acids is 2. The second kappa shape index (κ2) is 6.98. The number of carbonyl (C=O) groups is 2. The van der Waals surface area contributed by atoms with Gasteiger partial charge in [0.05, 0.1) is 10.6 Å². The molecule has 0 bridgehead atoms. The summed E-state index contributed by atoms with van der Waals surface area (Å²) >= 11 is 2.84. The van der Waals surface area contributed by atoms with E-state index in [4.69, 9.17) is 0 Å². The largest absolute Gasteiger partial charge is 0.343 e. The van der Waals surface area contributed by atoms with Gasteiger partial charge in [-0.15, -0.1) is 22.7 Å². The van der Waals surface area contributed by atoms with E-state index in [1.807, 2.05) is 51.7 Å². The van der Waals surface area contributed by atoms with E-state index in [1.54, 1.807) is 25.1 Å². The number of thiophene rings is 1. The van der Waals surface area contributed by atoms with Gasteiger partial charge in [-0.05, 0) is 23.6 Å². The van der Waals surface area contributed by atoms with Gasteiger partial charge in [-0.25, -0.2) is 4.98 Å². The standard InChI is InChI=1S/C19H16N4O2S2/c1-22(2)18(25)15-11-27-19-21-14(10-23(15)19)12-5-7-13(8-6-12)20-17(24)16-4-3-9-26-16/h3-11H,1-2H3,(H,20,24). The van der Waals surface area contributed by atoms with Crippen molar-refractivity contribution in [3.63, 3.8) is 0 Å².